The topological polar surface area (TPSA) is 87.4 Å². The second kappa shape index (κ2) is 8.74. The Kier molecular flexibility index (Phi) is 5.77. The average Bonchev–Trinajstić information content (AvgIpc) is 3.51. The number of ketones is 1. The van der Waals surface area contributed by atoms with E-state index >= 15 is 0 Å². The molecule has 1 amide bonds. The summed E-state index contributed by atoms with van der Waals surface area (Å²) < 4.78 is 7.20. The molecule has 8 nitrogen and oxygen atoms in total. The number of Topliss-reactive ketones (excluding diaryl/α,β-unsaturated/α-hetero) is 1. The zero-order valence-electron chi connectivity index (χ0n) is 18.7. The van der Waals surface area contributed by atoms with E-state index in [1.807, 2.05) is 42.8 Å². The number of ether oxygens (including phenoxy) is 1. The molecule has 0 spiro atoms. The van der Waals surface area contributed by atoms with Crippen molar-refractivity contribution in [3.8, 4) is 0 Å². The second-order valence-electron chi connectivity index (χ2n) is 8.39. The first-order chi connectivity index (χ1) is 16.0. The molecular weight excluding hydrogens is 440 g/mol. The summed E-state index contributed by atoms with van der Waals surface area (Å²) >= 11 is 1.47. The molecule has 3 aromatic rings. The van der Waals surface area contributed by atoms with Crippen LogP contribution in [0.3, 0.4) is 0 Å². The number of aromatic nitrogens is 2. The quantitative estimate of drug-likeness (QED) is 0.354. The van der Waals surface area contributed by atoms with Gasteiger partial charge in [-0.3, -0.25) is 18.9 Å². The molecule has 0 saturated carbocycles. The minimum Gasteiger partial charge on any atom is -0.505 e. The van der Waals surface area contributed by atoms with Gasteiger partial charge in [-0.05, 0) is 36.9 Å². The predicted octanol–water partition coefficient (Wildman–Crippen LogP) is 2.77. The van der Waals surface area contributed by atoms with Crippen molar-refractivity contribution in [1.29, 1.82) is 0 Å². The first-order valence-corrected chi connectivity index (χ1v) is 11.9. The van der Waals surface area contributed by atoms with Crippen LogP contribution in [0.1, 0.15) is 27.9 Å². The summed E-state index contributed by atoms with van der Waals surface area (Å²) in [5, 5.41) is 13.4. The van der Waals surface area contributed by atoms with E-state index in [0.717, 1.165) is 23.5 Å². The van der Waals surface area contributed by atoms with Crippen LogP contribution in [0.5, 0.6) is 0 Å². The van der Waals surface area contributed by atoms with Crippen molar-refractivity contribution in [1.82, 2.24) is 19.2 Å². The maximum atomic E-state index is 13.3. The number of amides is 1. The summed E-state index contributed by atoms with van der Waals surface area (Å²) in [5.41, 5.74) is 2.84. The van der Waals surface area contributed by atoms with E-state index in [0.29, 0.717) is 43.3 Å². The molecule has 3 aromatic heterocycles. The molecule has 0 aromatic carbocycles. The molecule has 5 heterocycles. The summed E-state index contributed by atoms with van der Waals surface area (Å²) in [4.78, 5) is 35.7. The van der Waals surface area contributed by atoms with Gasteiger partial charge in [0.2, 0.25) is 0 Å². The number of aryl methyl sites for hydroxylation is 2. The molecule has 2 aliphatic rings. The molecule has 1 atom stereocenters. The number of carbonyl (C=O) groups excluding carboxylic acids is 2. The van der Waals surface area contributed by atoms with Gasteiger partial charge in [-0.2, -0.15) is 0 Å². The lowest BCUT2D eigenvalue weighted by Crippen LogP contribution is -2.42. The fraction of sp³-hybridized carbons (Fsp3) is 0.375. The van der Waals surface area contributed by atoms with Crippen molar-refractivity contribution in [2.45, 2.75) is 19.9 Å². The second-order valence-corrected chi connectivity index (χ2v) is 9.37. The van der Waals surface area contributed by atoms with E-state index in [9.17, 15) is 14.7 Å². The fourth-order valence-corrected chi connectivity index (χ4v) is 5.50. The van der Waals surface area contributed by atoms with Crippen molar-refractivity contribution in [2.75, 3.05) is 39.4 Å². The van der Waals surface area contributed by atoms with Crippen LogP contribution in [0.25, 0.3) is 11.4 Å². The Morgan fingerprint density at radius 3 is 2.70 bits per heavy atom. The molecule has 1 N–H and O–H groups in total. The zero-order chi connectivity index (χ0) is 23.1. The number of nitrogens with zero attached hydrogens (tertiary/aromatic N) is 4. The number of morpholine rings is 1. The lowest BCUT2D eigenvalue weighted by molar-refractivity contribution is -0.140. The molecule has 0 bridgehead atoms. The van der Waals surface area contributed by atoms with E-state index in [2.05, 4.69) is 9.88 Å². The molecule has 33 heavy (non-hydrogen) atoms. The Hall–Kier alpha value is -3.01. The molecule has 9 heteroatoms. The SMILES string of the molecule is Cc1nc2c(C)cccn2c1/C(O)=C1\C(=O)C(=O)N(CCN2CCOCC2)[C@@H]1c1cccs1. The van der Waals surface area contributed by atoms with E-state index in [1.54, 1.807) is 16.2 Å². The van der Waals surface area contributed by atoms with Gasteiger partial charge in [-0.1, -0.05) is 12.1 Å². The van der Waals surface area contributed by atoms with Gasteiger partial charge in [-0.15, -0.1) is 11.3 Å². The Morgan fingerprint density at radius 2 is 1.97 bits per heavy atom. The lowest BCUT2D eigenvalue weighted by Gasteiger charge is -2.30. The van der Waals surface area contributed by atoms with Crippen LogP contribution in [0.15, 0.2) is 41.4 Å². The van der Waals surface area contributed by atoms with Crippen LogP contribution in [-0.2, 0) is 14.3 Å². The number of pyridine rings is 1. The number of thiophene rings is 1. The smallest absolute Gasteiger partial charge is 0.295 e. The largest absolute Gasteiger partial charge is 0.505 e. The zero-order valence-corrected chi connectivity index (χ0v) is 19.5. The molecule has 172 valence electrons. The number of aliphatic hydroxyl groups excluding tert-OH is 1. The van der Waals surface area contributed by atoms with Crippen molar-refractivity contribution < 1.29 is 19.4 Å². The molecule has 0 aliphatic carbocycles. The van der Waals surface area contributed by atoms with Gasteiger partial charge >= 0.3 is 0 Å². The third-order valence-electron chi connectivity index (χ3n) is 6.36. The monoisotopic (exact) mass is 466 g/mol. The third kappa shape index (κ3) is 3.76. The highest BCUT2D eigenvalue weighted by atomic mass is 32.1. The molecule has 2 fully saturated rings. The Morgan fingerprint density at radius 1 is 1.18 bits per heavy atom. The molecule has 0 radical (unpaired) electrons. The minimum atomic E-state index is -0.658. The standard InChI is InChI=1S/C24H26N4O4S/c1-15-5-3-7-27-19(16(2)25-23(15)27)21(29)18-20(17-6-4-14-33-17)28(24(31)22(18)30)9-8-26-10-12-32-13-11-26/h3-7,14,20,29H,8-13H2,1-2H3/b21-18+/t20-/m1/s1. The maximum Gasteiger partial charge on any atom is 0.295 e. The molecule has 2 aliphatic heterocycles. The Labute approximate surface area is 195 Å². The van der Waals surface area contributed by atoms with Gasteiger partial charge < -0.3 is 14.7 Å². The van der Waals surface area contributed by atoms with Gasteiger partial charge in [-0.25, -0.2) is 4.98 Å². The Bertz CT molecular complexity index is 1240. The molecule has 2 saturated heterocycles. The number of likely N-dealkylation sites (tertiary alicyclic amines) is 1. The fourth-order valence-electron chi connectivity index (χ4n) is 4.66. The number of fused-ring (bicyclic) bond motifs is 1. The van der Waals surface area contributed by atoms with Crippen LogP contribution in [0, 0.1) is 13.8 Å². The van der Waals surface area contributed by atoms with Crippen LogP contribution < -0.4 is 0 Å². The first kappa shape index (κ1) is 21.8. The van der Waals surface area contributed by atoms with Gasteiger partial charge in [0.1, 0.15) is 11.3 Å². The van der Waals surface area contributed by atoms with E-state index in [1.165, 1.54) is 11.3 Å². The first-order valence-electron chi connectivity index (χ1n) is 11.0. The number of hydrogen-bond donors (Lipinski definition) is 1. The normalized spacial score (nSPS) is 21.4. The summed E-state index contributed by atoms with van der Waals surface area (Å²) in [6.45, 7) is 7.72. The van der Waals surface area contributed by atoms with Crippen LogP contribution >= 0.6 is 11.3 Å². The summed E-state index contributed by atoms with van der Waals surface area (Å²) in [6.07, 6.45) is 1.81. The van der Waals surface area contributed by atoms with Gasteiger partial charge in [0, 0.05) is 37.3 Å². The summed E-state index contributed by atoms with van der Waals surface area (Å²) in [5.74, 6) is -1.42. The number of aliphatic hydroxyl groups is 1. The number of hydrogen-bond acceptors (Lipinski definition) is 7. The number of carbonyl (C=O) groups is 2. The van der Waals surface area contributed by atoms with Crippen molar-refractivity contribution >= 4 is 34.4 Å². The summed E-state index contributed by atoms with van der Waals surface area (Å²) in [6, 6.07) is 6.99. The predicted molar refractivity (Wildman–Crippen MR) is 125 cm³/mol. The van der Waals surface area contributed by atoms with Gasteiger partial charge in [0.05, 0.1) is 30.5 Å². The minimum absolute atomic E-state index is 0.121. The number of rotatable bonds is 5. The van der Waals surface area contributed by atoms with E-state index in [-0.39, 0.29) is 11.3 Å². The van der Waals surface area contributed by atoms with Crippen molar-refractivity contribution in [3.63, 3.8) is 0 Å². The van der Waals surface area contributed by atoms with Crippen LogP contribution in [0.2, 0.25) is 0 Å². The number of imidazole rings is 1. The van der Waals surface area contributed by atoms with Crippen LogP contribution in [-0.4, -0.2) is 75.4 Å². The highest BCUT2D eigenvalue weighted by molar-refractivity contribution is 7.10. The highest BCUT2D eigenvalue weighted by Crippen LogP contribution is 2.41. The third-order valence-corrected chi connectivity index (χ3v) is 7.28. The van der Waals surface area contributed by atoms with Crippen LogP contribution in [0.4, 0.5) is 0 Å². The van der Waals surface area contributed by atoms with E-state index < -0.39 is 17.7 Å². The van der Waals surface area contributed by atoms with Crippen molar-refractivity contribution in [2.24, 2.45) is 0 Å². The maximum absolute atomic E-state index is 13.3. The molecular formula is C24H26N4O4S. The molecule has 0 unspecified atom stereocenters. The Balaban J connectivity index is 1.59. The summed E-state index contributed by atoms with van der Waals surface area (Å²) in [7, 11) is 0. The van der Waals surface area contributed by atoms with Gasteiger partial charge in [0.15, 0.2) is 5.76 Å². The van der Waals surface area contributed by atoms with Gasteiger partial charge in [0.25, 0.3) is 11.7 Å². The average molecular weight is 467 g/mol. The lowest BCUT2D eigenvalue weighted by atomic mass is 10.0. The molecule has 5 rings (SSSR count). The highest BCUT2D eigenvalue weighted by Gasteiger charge is 2.47. The van der Waals surface area contributed by atoms with E-state index in [4.69, 9.17) is 4.74 Å². The van der Waals surface area contributed by atoms with Crippen molar-refractivity contribution in [3.05, 3.63) is 63.2 Å².